The van der Waals surface area contributed by atoms with Crippen LogP contribution in [0.4, 0.5) is 0 Å². The Balaban J connectivity index is 0. The average Bonchev–Trinajstić information content (AvgIpc) is 1.27. The summed E-state index contributed by atoms with van der Waals surface area (Å²) in [6, 6.07) is 0. The molecule has 0 saturated carbocycles. The fraction of sp³-hybridized carbons (Fsp3) is 0. The fourth-order valence-electron chi connectivity index (χ4n) is 0. The molecule has 0 aliphatic heterocycles. The normalized spacial score (nSPS) is 9.62. The van der Waals surface area contributed by atoms with Crippen molar-refractivity contribution in [2.45, 2.75) is 0 Å². The summed E-state index contributed by atoms with van der Waals surface area (Å²) in [5.74, 6) is 0. The third-order valence-corrected chi connectivity index (χ3v) is 0. The molecule has 8 heavy (non-hydrogen) atoms. The van der Waals surface area contributed by atoms with Gasteiger partial charge in [-0.15, -0.1) is 0 Å². The quantitative estimate of drug-likeness (QED) is 0.358. The van der Waals surface area contributed by atoms with Crippen molar-refractivity contribution in [3.05, 3.63) is 0 Å². The van der Waals surface area contributed by atoms with Gasteiger partial charge in [0.2, 0.25) is 0 Å². The van der Waals surface area contributed by atoms with Gasteiger partial charge in [0.1, 0.15) is 0 Å². The minimum absolute atomic E-state index is 0.292. The fourth-order valence-corrected chi connectivity index (χ4v) is 0. The molecule has 0 amide bonds. The molecule has 0 spiro atoms. The van der Waals surface area contributed by atoms with Crippen molar-refractivity contribution in [3.63, 3.8) is 0 Å². The predicted octanol–water partition coefficient (Wildman–Crippen LogP) is 0.382. The topological polar surface area (TPSA) is 77.8 Å². The first-order valence-electron chi connectivity index (χ1n) is 1.16. The molecule has 2 radical (unpaired) electrons. The van der Waals surface area contributed by atoms with Gasteiger partial charge in [-0.2, -0.15) is 0 Å². The number of hydrogen-bond donors (Lipinski definition) is 3. The molecule has 0 aliphatic rings. The van der Waals surface area contributed by atoms with E-state index in [9.17, 15) is 0 Å². The Morgan fingerprint density at radius 3 is 1.25 bits per heavy atom. The predicted molar refractivity (Wildman–Crippen MR) is 37.9 cm³/mol. The van der Waals surface area contributed by atoms with Gasteiger partial charge >= 0.3 is 51.2 Å². The Morgan fingerprint density at radius 1 is 1.25 bits per heavy atom. The van der Waals surface area contributed by atoms with Crippen molar-refractivity contribution >= 4 is 51.2 Å². The summed E-state index contributed by atoms with van der Waals surface area (Å²) in [4.78, 5) is 21.6. The van der Waals surface area contributed by atoms with Crippen molar-refractivity contribution in [2.75, 3.05) is 0 Å². The maximum atomic E-state index is 8.88. The van der Waals surface area contributed by atoms with Crippen LogP contribution < -0.4 is 0 Å². The number of rotatable bonds is 0. The summed E-state index contributed by atoms with van der Waals surface area (Å²) in [6.45, 7) is 0. The molecule has 0 aliphatic carbocycles. The minimum atomic E-state index is -4.64. The van der Waals surface area contributed by atoms with Gasteiger partial charge < -0.3 is 14.7 Å². The molecule has 4 nitrogen and oxygen atoms in total. The summed E-state index contributed by atoms with van der Waals surface area (Å²) in [5, 5.41) is 0. The second kappa shape index (κ2) is 7.10. The van der Waals surface area contributed by atoms with Crippen LogP contribution in [0.2, 0.25) is 0 Å². The Morgan fingerprint density at radius 2 is 1.25 bits per heavy atom. The first-order valence-corrected chi connectivity index (χ1v) is 19.6. The Kier molecular flexibility index (Phi) is 11.2. The van der Waals surface area contributed by atoms with E-state index >= 15 is 0 Å². The molecule has 0 aromatic rings. The van der Waals surface area contributed by atoms with Crippen LogP contribution in [0.1, 0.15) is 0 Å². The molecule has 0 rings (SSSR count). The number of hydrogen-bond acceptors (Lipinski definition) is 1. The van der Waals surface area contributed by atoms with Gasteiger partial charge in [-0.25, -0.2) is 4.57 Å². The van der Waals surface area contributed by atoms with Crippen LogP contribution in [0.15, 0.2) is 0 Å². The van der Waals surface area contributed by atoms with Gasteiger partial charge in [0.15, 0.2) is 0 Å². The van der Waals surface area contributed by atoms with E-state index < -0.39 is 7.82 Å². The number of phosphoric acid groups is 1. The molecule has 0 heterocycles. The van der Waals surface area contributed by atoms with Gasteiger partial charge in [-0.3, -0.25) is 0 Å². The maximum absolute atomic E-state index is 8.88. The van der Waals surface area contributed by atoms with Crippen molar-refractivity contribution in [2.24, 2.45) is 0 Å². The standard InChI is InChI=1S/2BrH.H3O4P.Pb/c;;1-5(2,3)4;/h2*1H;(H3,1,2,3,4);/q;;;+2/p-2. The average molecular weight is 465 g/mol. The Bertz CT molecular complexity index is 69.8. The van der Waals surface area contributed by atoms with Crippen molar-refractivity contribution < 1.29 is 19.2 Å². The molecule has 0 unspecified atom stereocenters. The monoisotopic (exact) mass is 464 g/mol. The van der Waals surface area contributed by atoms with Crippen LogP contribution >= 0.6 is 31.8 Å². The van der Waals surface area contributed by atoms with Gasteiger partial charge in [-0.05, 0) is 0 Å². The van der Waals surface area contributed by atoms with Crippen molar-refractivity contribution in [3.8, 4) is 0 Å². The molecule has 0 aromatic heterocycles. The van der Waals surface area contributed by atoms with E-state index in [1.807, 2.05) is 0 Å². The molecule has 0 saturated heterocycles. The Hall–Kier alpha value is 1.99. The van der Waals surface area contributed by atoms with Gasteiger partial charge in [-0.1, -0.05) is 0 Å². The Labute approximate surface area is 69.7 Å². The number of halogens is 2. The summed E-state index contributed by atoms with van der Waals surface area (Å²) in [7, 11) is -4.64. The summed E-state index contributed by atoms with van der Waals surface area (Å²) in [5.41, 5.74) is 0. The van der Waals surface area contributed by atoms with Crippen LogP contribution in [0.5, 0.6) is 0 Å². The molecule has 3 N–H and O–H groups in total. The van der Waals surface area contributed by atoms with Crippen molar-refractivity contribution in [1.29, 1.82) is 0 Å². The summed E-state index contributed by atoms with van der Waals surface area (Å²) < 4.78 is 8.88. The van der Waals surface area contributed by atoms with Crippen LogP contribution in [0.3, 0.4) is 0 Å². The molecular weight excluding hydrogens is 462 g/mol. The summed E-state index contributed by atoms with van der Waals surface area (Å²) in [6.07, 6.45) is 0. The second-order valence-electron chi connectivity index (χ2n) is 0.585. The van der Waals surface area contributed by atoms with Gasteiger partial charge in [0, 0.05) is 0 Å². The van der Waals surface area contributed by atoms with Gasteiger partial charge in [0.05, 0.1) is 0 Å². The van der Waals surface area contributed by atoms with E-state index in [4.69, 9.17) is 19.2 Å². The van der Waals surface area contributed by atoms with E-state index in [1.165, 1.54) is 0 Å². The van der Waals surface area contributed by atoms with E-state index in [1.54, 1.807) is 0 Å². The third kappa shape index (κ3) is 98.5. The van der Waals surface area contributed by atoms with Gasteiger partial charge in [0.25, 0.3) is 0 Å². The second-order valence-corrected chi connectivity index (χ2v) is 18.5. The first-order chi connectivity index (χ1) is 3.41. The molecular formula is H3Br2O4PPb. The molecule has 0 aromatic carbocycles. The zero-order valence-electron chi connectivity index (χ0n) is 3.45. The zero-order valence-corrected chi connectivity index (χ0v) is 11.4. The molecule has 50 valence electrons. The van der Waals surface area contributed by atoms with Crippen LogP contribution in [-0.2, 0) is 4.57 Å². The summed E-state index contributed by atoms with van der Waals surface area (Å²) >= 11 is 6.22. The zero-order chi connectivity index (χ0) is 7.21. The van der Waals surface area contributed by atoms with Crippen LogP contribution in [0, 0.1) is 0 Å². The third-order valence-electron chi connectivity index (χ3n) is 0. The van der Waals surface area contributed by atoms with E-state index in [2.05, 4.69) is 24.0 Å². The molecule has 8 heteroatoms. The first kappa shape index (κ1) is 12.6. The van der Waals surface area contributed by atoms with Crippen molar-refractivity contribution in [1.82, 2.24) is 0 Å². The SMILES string of the molecule is O=P(O)(O)O.[Br][Pb][Br]. The van der Waals surface area contributed by atoms with Crippen LogP contribution in [-0.4, -0.2) is 34.1 Å². The van der Waals surface area contributed by atoms with E-state index in [0.29, 0.717) is 0 Å². The molecule has 0 bridgehead atoms. The molecule has 0 fully saturated rings. The molecule has 0 atom stereocenters. The van der Waals surface area contributed by atoms with E-state index in [0.717, 1.165) is 0 Å². The van der Waals surface area contributed by atoms with Crippen LogP contribution in [0.25, 0.3) is 0 Å². The van der Waals surface area contributed by atoms with E-state index in [-0.39, 0.29) is 19.4 Å².